The molecule has 0 saturated carbocycles. The van der Waals surface area contributed by atoms with Crippen LogP contribution in [0.15, 0.2) is 54.7 Å². The third-order valence-corrected chi connectivity index (χ3v) is 5.51. The van der Waals surface area contributed by atoms with Crippen molar-refractivity contribution in [3.8, 4) is 17.1 Å². The average Bonchev–Trinajstić information content (AvgIpc) is 3.19. The fourth-order valence-electron chi connectivity index (χ4n) is 3.84. The maximum absolute atomic E-state index is 12.2. The van der Waals surface area contributed by atoms with Gasteiger partial charge in [-0.3, -0.25) is 0 Å². The van der Waals surface area contributed by atoms with Crippen LogP contribution in [0.3, 0.4) is 0 Å². The number of carbonyl (C=O) groups excluding carboxylic acids is 1. The molecule has 7 heteroatoms. The minimum Gasteiger partial charge on any atom is -0.465 e. The van der Waals surface area contributed by atoms with E-state index in [4.69, 9.17) is 14.5 Å². The number of unbranched alkanes of at least 4 members (excludes halogenated alkanes) is 1. The van der Waals surface area contributed by atoms with E-state index in [2.05, 4.69) is 33.6 Å². The number of aryl methyl sites for hydroxylation is 1. The Morgan fingerprint density at radius 1 is 1.03 bits per heavy atom. The van der Waals surface area contributed by atoms with Crippen molar-refractivity contribution in [3.05, 3.63) is 71.7 Å². The summed E-state index contributed by atoms with van der Waals surface area (Å²) in [6.45, 7) is 5.23. The molecule has 170 valence electrons. The summed E-state index contributed by atoms with van der Waals surface area (Å²) in [5.41, 5.74) is 5.02. The van der Waals surface area contributed by atoms with Crippen LogP contribution in [-0.4, -0.2) is 39.2 Å². The maximum atomic E-state index is 12.2. The van der Waals surface area contributed by atoms with Crippen molar-refractivity contribution >= 4 is 17.1 Å². The van der Waals surface area contributed by atoms with E-state index in [9.17, 15) is 4.79 Å². The zero-order valence-corrected chi connectivity index (χ0v) is 19.2. The lowest BCUT2D eigenvalue weighted by Gasteiger charge is -2.11. The predicted molar refractivity (Wildman–Crippen MR) is 127 cm³/mol. The Hall–Kier alpha value is -3.74. The first-order valence-corrected chi connectivity index (χ1v) is 11.3. The highest BCUT2D eigenvalue weighted by molar-refractivity contribution is 5.97. The molecular formula is C26H28N4O3. The molecule has 0 atom stereocenters. The second-order valence-corrected chi connectivity index (χ2v) is 7.75. The molecule has 0 bridgehead atoms. The zero-order chi connectivity index (χ0) is 23.2. The van der Waals surface area contributed by atoms with E-state index in [1.807, 2.05) is 37.3 Å². The summed E-state index contributed by atoms with van der Waals surface area (Å²) in [4.78, 5) is 25.8. The van der Waals surface area contributed by atoms with Crippen LogP contribution in [0.2, 0.25) is 0 Å². The number of imidazole rings is 1. The van der Waals surface area contributed by atoms with Crippen molar-refractivity contribution < 1.29 is 14.3 Å². The van der Waals surface area contributed by atoms with E-state index < -0.39 is 0 Å². The molecule has 0 fully saturated rings. The van der Waals surface area contributed by atoms with Crippen LogP contribution in [0.5, 0.6) is 6.01 Å². The van der Waals surface area contributed by atoms with Gasteiger partial charge in [0.1, 0.15) is 11.3 Å². The minimum atomic E-state index is -0.343. The lowest BCUT2D eigenvalue weighted by molar-refractivity contribution is 0.0601. The third-order valence-electron chi connectivity index (χ3n) is 5.51. The van der Waals surface area contributed by atoms with Crippen LogP contribution < -0.4 is 4.74 Å². The molecule has 0 amide bonds. The van der Waals surface area contributed by atoms with Gasteiger partial charge in [0.15, 0.2) is 5.65 Å². The topological polar surface area (TPSA) is 79.1 Å². The van der Waals surface area contributed by atoms with E-state index in [1.165, 1.54) is 7.11 Å². The van der Waals surface area contributed by atoms with E-state index >= 15 is 0 Å². The number of methoxy groups -OCH3 is 1. The number of benzene rings is 2. The highest BCUT2D eigenvalue weighted by Crippen LogP contribution is 2.26. The number of fused-ring (bicyclic) bond motifs is 1. The highest BCUT2D eigenvalue weighted by Gasteiger charge is 2.15. The quantitative estimate of drug-likeness (QED) is 0.335. The van der Waals surface area contributed by atoms with E-state index in [0.717, 1.165) is 52.9 Å². The molecule has 0 saturated heterocycles. The van der Waals surface area contributed by atoms with Gasteiger partial charge in [-0.05, 0) is 36.1 Å². The van der Waals surface area contributed by atoms with Gasteiger partial charge in [-0.15, -0.1) is 0 Å². The van der Waals surface area contributed by atoms with Gasteiger partial charge in [0.2, 0.25) is 0 Å². The predicted octanol–water partition coefficient (Wildman–Crippen LogP) is 5.07. The molecule has 0 spiro atoms. The first kappa shape index (κ1) is 22.5. The van der Waals surface area contributed by atoms with Crippen molar-refractivity contribution in [1.82, 2.24) is 19.5 Å². The summed E-state index contributed by atoms with van der Waals surface area (Å²) in [5, 5.41) is 0. The minimum absolute atomic E-state index is 0.343. The molecule has 4 aromatic rings. The summed E-state index contributed by atoms with van der Waals surface area (Å²) < 4.78 is 12.6. The summed E-state index contributed by atoms with van der Waals surface area (Å²) in [7, 11) is 1.40. The Morgan fingerprint density at radius 3 is 2.55 bits per heavy atom. The lowest BCUT2D eigenvalue weighted by Crippen LogP contribution is -2.07. The summed E-state index contributed by atoms with van der Waals surface area (Å²) in [6.07, 6.45) is 4.75. The van der Waals surface area contributed by atoms with Crippen molar-refractivity contribution in [2.75, 3.05) is 13.7 Å². The van der Waals surface area contributed by atoms with Crippen molar-refractivity contribution in [2.45, 2.75) is 39.7 Å². The van der Waals surface area contributed by atoms with Gasteiger partial charge >= 0.3 is 12.0 Å². The number of rotatable bonds is 9. The van der Waals surface area contributed by atoms with Crippen LogP contribution in [0, 0.1) is 0 Å². The monoisotopic (exact) mass is 444 g/mol. The SMILES string of the molecule is CCCCc1nc2cnc(OCC)nc2n1Cc1ccc(-c2ccccc2C(=O)OC)cc1. The Balaban J connectivity index is 1.67. The normalized spacial score (nSPS) is 11.0. The first-order chi connectivity index (χ1) is 16.1. The second kappa shape index (κ2) is 10.3. The van der Waals surface area contributed by atoms with Crippen LogP contribution in [0.1, 0.15) is 48.4 Å². The Bertz CT molecular complexity index is 1250. The second-order valence-electron chi connectivity index (χ2n) is 7.75. The van der Waals surface area contributed by atoms with Gasteiger partial charge in [-0.1, -0.05) is 55.8 Å². The molecule has 0 radical (unpaired) electrons. The molecule has 0 unspecified atom stereocenters. The van der Waals surface area contributed by atoms with Crippen LogP contribution in [0.4, 0.5) is 0 Å². The third kappa shape index (κ3) is 4.87. The number of aromatic nitrogens is 4. The molecular weight excluding hydrogens is 416 g/mol. The molecule has 0 aliphatic heterocycles. The summed E-state index contributed by atoms with van der Waals surface area (Å²) >= 11 is 0. The van der Waals surface area contributed by atoms with Crippen molar-refractivity contribution in [2.24, 2.45) is 0 Å². The Labute approximate surface area is 193 Å². The van der Waals surface area contributed by atoms with E-state index in [0.29, 0.717) is 24.7 Å². The van der Waals surface area contributed by atoms with Crippen LogP contribution >= 0.6 is 0 Å². The van der Waals surface area contributed by atoms with Gasteiger partial charge in [0, 0.05) is 6.42 Å². The van der Waals surface area contributed by atoms with Crippen molar-refractivity contribution in [1.29, 1.82) is 0 Å². The average molecular weight is 445 g/mol. The molecule has 0 N–H and O–H groups in total. The standard InChI is InChI=1S/C26H28N4O3/c1-4-6-11-23-28-22-16-27-26(33-5-2)29-24(22)30(23)17-18-12-14-19(15-13-18)20-9-7-8-10-21(20)25(31)32-3/h7-10,12-16H,4-6,11,17H2,1-3H3. The Morgan fingerprint density at radius 2 is 1.82 bits per heavy atom. The Kier molecular flexibility index (Phi) is 6.98. The smallest absolute Gasteiger partial charge is 0.338 e. The van der Waals surface area contributed by atoms with Crippen molar-refractivity contribution in [3.63, 3.8) is 0 Å². The van der Waals surface area contributed by atoms with Gasteiger partial charge in [-0.25, -0.2) is 14.8 Å². The van der Waals surface area contributed by atoms with Gasteiger partial charge in [0.25, 0.3) is 0 Å². The largest absolute Gasteiger partial charge is 0.465 e. The molecule has 0 aliphatic carbocycles. The van der Waals surface area contributed by atoms with Gasteiger partial charge < -0.3 is 14.0 Å². The van der Waals surface area contributed by atoms with E-state index in [-0.39, 0.29) is 5.97 Å². The molecule has 2 aromatic heterocycles. The fourth-order valence-corrected chi connectivity index (χ4v) is 3.84. The maximum Gasteiger partial charge on any atom is 0.338 e. The number of ether oxygens (including phenoxy) is 2. The number of carbonyl (C=O) groups is 1. The first-order valence-electron chi connectivity index (χ1n) is 11.3. The molecule has 33 heavy (non-hydrogen) atoms. The summed E-state index contributed by atoms with van der Waals surface area (Å²) in [5.74, 6) is 0.653. The number of nitrogens with zero attached hydrogens (tertiary/aromatic N) is 4. The molecule has 2 heterocycles. The van der Waals surface area contributed by atoms with Crippen LogP contribution in [0.25, 0.3) is 22.3 Å². The summed E-state index contributed by atoms with van der Waals surface area (Å²) in [6, 6.07) is 16.0. The van der Waals surface area contributed by atoms with Gasteiger partial charge in [0.05, 0.1) is 32.0 Å². The number of hydrogen-bond acceptors (Lipinski definition) is 6. The lowest BCUT2D eigenvalue weighted by atomic mass is 9.98. The van der Waals surface area contributed by atoms with E-state index in [1.54, 1.807) is 12.3 Å². The number of esters is 1. The van der Waals surface area contributed by atoms with Crippen LogP contribution in [-0.2, 0) is 17.7 Å². The van der Waals surface area contributed by atoms with Gasteiger partial charge in [-0.2, -0.15) is 4.98 Å². The highest BCUT2D eigenvalue weighted by atomic mass is 16.5. The number of hydrogen-bond donors (Lipinski definition) is 0. The zero-order valence-electron chi connectivity index (χ0n) is 19.2. The molecule has 0 aliphatic rings. The fraction of sp³-hybridized carbons (Fsp3) is 0.308. The molecule has 7 nitrogen and oxygen atoms in total. The molecule has 4 rings (SSSR count). The molecule has 2 aromatic carbocycles.